The molecule has 2 unspecified atom stereocenters. The smallest absolute Gasteiger partial charge is 0.410 e. The van der Waals surface area contributed by atoms with E-state index in [1.807, 2.05) is 32.0 Å². The van der Waals surface area contributed by atoms with Gasteiger partial charge in [0.05, 0.1) is 13.0 Å². The number of hydrogen-bond donors (Lipinski definition) is 1. The Kier molecular flexibility index (Phi) is 6.50. The second kappa shape index (κ2) is 8.75. The fourth-order valence-electron chi connectivity index (χ4n) is 3.97. The summed E-state index contributed by atoms with van der Waals surface area (Å²) in [7, 11) is 0. The van der Waals surface area contributed by atoms with Crippen LogP contribution in [0.25, 0.3) is 0 Å². The monoisotopic (exact) mass is 426 g/mol. The number of ether oxygens (including phenoxy) is 3. The first-order valence-corrected chi connectivity index (χ1v) is 10.1. The molecule has 0 bridgehead atoms. The van der Waals surface area contributed by atoms with Crippen LogP contribution < -0.4 is 10.1 Å². The van der Waals surface area contributed by atoms with Crippen molar-refractivity contribution in [3.63, 3.8) is 0 Å². The highest BCUT2D eigenvalue weighted by Crippen LogP contribution is 2.37. The molecular weight excluding hydrogens is 398 g/mol. The maximum atomic E-state index is 13.7. The molecule has 30 heavy (non-hydrogen) atoms. The van der Waals surface area contributed by atoms with Crippen molar-refractivity contribution in [1.29, 1.82) is 0 Å². The molecule has 2 heterocycles. The molecule has 1 aromatic rings. The molecule has 2 saturated heterocycles. The zero-order chi connectivity index (χ0) is 21.9. The lowest BCUT2D eigenvalue weighted by Crippen LogP contribution is -2.45. The largest absolute Gasteiger partial charge is 0.490 e. The van der Waals surface area contributed by atoms with Crippen LogP contribution in [0.5, 0.6) is 5.75 Å². The van der Waals surface area contributed by atoms with Crippen molar-refractivity contribution in [2.75, 3.05) is 26.3 Å². The summed E-state index contributed by atoms with van der Waals surface area (Å²) < 4.78 is 43.9. The minimum absolute atomic E-state index is 0.176. The van der Waals surface area contributed by atoms with E-state index in [-0.39, 0.29) is 19.6 Å². The number of nitrogens with zero attached hydrogens (tertiary/aromatic N) is 1. The van der Waals surface area contributed by atoms with Gasteiger partial charge in [0.25, 0.3) is 5.91 Å². The van der Waals surface area contributed by atoms with Gasteiger partial charge in [0, 0.05) is 13.2 Å². The third-order valence-corrected chi connectivity index (χ3v) is 5.19. The summed E-state index contributed by atoms with van der Waals surface area (Å²) in [5.74, 6) is -4.04. The Hall–Kier alpha value is -2.42. The Morgan fingerprint density at radius 3 is 2.53 bits per heavy atom. The molecule has 1 aromatic carbocycles. The maximum absolute atomic E-state index is 13.7. The highest BCUT2D eigenvalue weighted by atomic mass is 19.3. The van der Waals surface area contributed by atoms with Gasteiger partial charge in [0.15, 0.2) is 6.10 Å². The molecular formula is C21H28F2N2O5. The Labute approximate surface area is 174 Å². The number of carbonyl (C=O) groups is 2. The third kappa shape index (κ3) is 5.19. The average Bonchev–Trinajstić information content (AvgIpc) is 3.09. The maximum Gasteiger partial charge on any atom is 0.410 e. The predicted octanol–water partition coefficient (Wildman–Crippen LogP) is 3.17. The Balaban J connectivity index is 1.48. The van der Waals surface area contributed by atoms with E-state index in [2.05, 4.69) is 5.32 Å². The highest BCUT2D eigenvalue weighted by molar-refractivity contribution is 5.86. The van der Waals surface area contributed by atoms with E-state index in [1.165, 1.54) is 4.90 Å². The van der Waals surface area contributed by atoms with Crippen LogP contribution in [0.1, 0.15) is 37.3 Å². The average molecular weight is 426 g/mol. The second-order valence-corrected chi connectivity index (χ2v) is 7.95. The summed E-state index contributed by atoms with van der Waals surface area (Å²) in [5.41, 5.74) is 0.774. The van der Waals surface area contributed by atoms with Crippen molar-refractivity contribution in [3.05, 3.63) is 29.3 Å². The van der Waals surface area contributed by atoms with Crippen LogP contribution in [-0.4, -0.2) is 61.0 Å². The molecule has 0 aromatic heterocycles. The fraction of sp³-hybridized carbons (Fsp3) is 0.619. The first-order chi connectivity index (χ1) is 14.1. The van der Waals surface area contributed by atoms with Crippen LogP contribution in [0.15, 0.2) is 18.2 Å². The van der Waals surface area contributed by atoms with E-state index in [1.54, 1.807) is 6.92 Å². The number of alkyl halides is 2. The number of rotatable bonds is 9. The van der Waals surface area contributed by atoms with E-state index in [9.17, 15) is 18.4 Å². The summed E-state index contributed by atoms with van der Waals surface area (Å²) >= 11 is 0. The predicted molar refractivity (Wildman–Crippen MR) is 105 cm³/mol. The zero-order valence-corrected chi connectivity index (χ0v) is 17.5. The van der Waals surface area contributed by atoms with Gasteiger partial charge in [-0.3, -0.25) is 4.79 Å². The third-order valence-electron chi connectivity index (χ3n) is 5.19. The molecule has 2 fully saturated rings. The van der Waals surface area contributed by atoms with Crippen molar-refractivity contribution in [2.24, 2.45) is 0 Å². The summed E-state index contributed by atoms with van der Waals surface area (Å²) in [4.78, 5) is 25.1. The van der Waals surface area contributed by atoms with Gasteiger partial charge < -0.3 is 24.4 Å². The SMILES string of the molecule is CCOC1(CCCN2CC(COc3cc(C)cc(C)c3)OC2=O)CC(F)(F)C(=O)N1. The first kappa shape index (κ1) is 22.3. The lowest BCUT2D eigenvalue weighted by molar-refractivity contribution is -0.139. The van der Waals surface area contributed by atoms with Crippen molar-refractivity contribution >= 4 is 12.0 Å². The summed E-state index contributed by atoms with van der Waals surface area (Å²) in [5, 5.41) is 2.29. The lowest BCUT2D eigenvalue weighted by Gasteiger charge is -2.29. The van der Waals surface area contributed by atoms with E-state index >= 15 is 0 Å². The molecule has 166 valence electrons. The highest BCUT2D eigenvalue weighted by Gasteiger charge is 2.56. The molecule has 0 radical (unpaired) electrons. The number of cyclic esters (lactones) is 1. The van der Waals surface area contributed by atoms with Crippen LogP contribution in [0.4, 0.5) is 13.6 Å². The van der Waals surface area contributed by atoms with Gasteiger partial charge in [-0.1, -0.05) is 6.07 Å². The van der Waals surface area contributed by atoms with E-state index < -0.39 is 36.2 Å². The van der Waals surface area contributed by atoms with Crippen LogP contribution in [-0.2, 0) is 14.3 Å². The van der Waals surface area contributed by atoms with Gasteiger partial charge >= 0.3 is 12.0 Å². The number of nitrogens with one attached hydrogen (secondary N) is 1. The molecule has 0 aliphatic carbocycles. The Morgan fingerprint density at radius 2 is 1.93 bits per heavy atom. The topological polar surface area (TPSA) is 77.1 Å². The van der Waals surface area contributed by atoms with Gasteiger partial charge in [-0.25, -0.2) is 4.79 Å². The number of benzene rings is 1. The van der Waals surface area contributed by atoms with Crippen molar-refractivity contribution in [3.8, 4) is 5.75 Å². The number of halogens is 2. The number of amides is 2. The standard InChI is InChI=1S/C21H28F2N2O5/c1-4-29-20(13-21(22,23)18(26)24-20)6-5-7-25-11-17(30-19(25)27)12-28-16-9-14(2)8-15(3)10-16/h8-10,17H,4-7,11-13H2,1-3H3,(H,24,26). The van der Waals surface area contributed by atoms with Crippen LogP contribution in [0.2, 0.25) is 0 Å². The molecule has 2 aliphatic heterocycles. The van der Waals surface area contributed by atoms with Gasteiger partial charge in [-0.15, -0.1) is 0 Å². The minimum Gasteiger partial charge on any atom is -0.490 e. The molecule has 2 atom stereocenters. The van der Waals surface area contributed by atoms with Gasteiger partial charge in [0.1, 0.15) is 18.1 Å². The normalized spacial score (nSPS) is 25.4. The molecule has 3 rings (SSSR count). The van der Waals surface area contributed by atoms with Crippen LogP contribution >= 0.6 is 0 Å². The second-order valence-electron chi connectivity index (χ2n) is 7.95. The summed E-state index contributed by atoms with van der Waals surface area (Å²) in [6.07, 6.45) is -1.01. The van der Waals surface area contributed by atoms with Gasteiger partial charge in [-0.2, -0.15) is 8.78 Å². The number of aryl methyl sites for hydroxylation is 2. The van der Waals surface area contributed by atoms with E-state index in [4.69, 9.17) is 14.2 Å². The number of hydrogen-bond acceptors (Lipinski definition) is 5. The summed E-state index contributed by atoms with van der Waals surface area (Å²) in [6, 6.07) is 5.88. The Morgan fingerprint density at radius 1 is 1.23 bits per heavy atom. The zero-order valence-electron chi connectivity index (χ0n) is 17.5. The molecule has 7 nitrogen and oxygen atoms in total. The van der Waals surface area contributed by atoms with Crippen molar-refractivity contribution in [2.45, 2.75) is 57.8 Å². The molecule has 0 spiro atoms. The van der Waals surface area contributed by atoms with Crippen LogP contribution in [0.3, 0.4) is 0 Å². The molecule has 1 N–H and O–H groups in total. The van der Waals surface area contributed by atoms with Crippen molar-refractivity contribution in [1.82, 2.24) is 10.2 Å². The Bertz CT molecular complexity index is 783. The first-order valence-electron chi connectivity index (χ1n) is 10.1. The quantitative estimate of drug-likeness (QED) is 0.656. The van der Waals surface area contributed by atoms with Crippen molar-refractivity contribution < 1.29 is 32.6 Å². The molecule has 2 amide bonds. The fourth-order valence-corrected chi connectivity index (χ4v) is 3.97. The number of carbonyl (C=O) groups excluding carboxylic acids is 2. The van der Waals surface area contributed by atoms with Gasteiger partial charge in [0.2, 0.25) is 0 Å². The van der Waals surface area contributed by atoms with E-state index in [0.717, 1.165) is 16.9 Å². The van der Waals surface area contributed by atoms with Crippen LogP contribution in [0, 0.1) is 13.8 Å². The summed E-state index contributed by atoms with van der Waals surface area (Å²) in [6.45, 7) is 6.74. The molecule has 9 heteroatoms. The minimum atomic E-state index is -3.45. The van der Waals surface area contributed by atoms with Gasteiger partial charge in [-0.05, 0) is 56.9 Å². The van der Waals surface area contributed by atoms with E-state index in [0.29, 0.717) is 19.5 Å². The molecule has 0 saturated carbocycles. The molecule has 2 aliphatic rings. The lowest BCUT2D eigenvalue weighted by atomic mass is 10.0.